The Kier molecular flexibility index (Phi) is 6.43. The Hall–Kier alpha value is -2.52. The Morgan fingerprint density at radius 3 is 2.56 bits per heavy atom. The van der Waals surface area contributed by atoms with Crippen LogP contribution in [0.25, 0.3) is 0 Å². The third-order valence-corrected chi connectivity index (χ3v) is 4.90. The van der Waals surface area contributed by atoms with Crippen LogP contribution in [-0.4, -0.2) is 43.9 Å². The molecule has 2 rings (SSSR count). The van der Waals surface area contributed by atoms with Crippen LogP contribution in [0.3, 0.4) is 0 Å². The van der Waals surface area contributed by atoms with E-state index in [1.54, 1.807) is 38.4 Å². The van der Waals surface area contributed by atoms with Crippen LogP contribution in [0.4, 0.5) is 5.95 Å². The molecule has 25 heavy (non-hydrogen) atoms. The largest absolute Gasteiger partial charge is 0.352 e. The van der Waals surface area contributed by atoms with Gasteiger partial charge in [-0.1, -0.05) is 13.0 Å². The fourth-order valence-corrected chi connectivity index (χ4v) is 3.19. The number of benzene rings is 1. The molecular weight excluding hydrogens is 342 g/mol. The molecule has 0 unspecified atom stereocenters. The maximum Gasteiger partial charge on any atom is 0.251 e. The second-order valence-corrected chi connectivity index (χ2v) is 7.00. The Morgan fingerprint density at radius 2 is 1.88 bits per heavy atom. The molecule has 9 heteroatoms. The van der Waals surface area contributed by atoms with Crippen LogP contribution in [0.15, 0.2) is 41.6 Å². The molecule has 1 aromatic carbocycles. The first-order valence-electron chi connectivity index (χ1n) is 7.83. The van der Waals surface area contributed by atoms with Gasteiger partial charge in [0.1, 0.15) is 0 Å². The molecule has 8 nitrogen and oxygen atoms in total. The van der Waals surface area contributed by atoms with E-state index in [9.17, 15) is 13.2 Å². The summed E-state index contributed by atoms with van der Waals surface area (Å²) in [7, 11) is -3.60. The van der Waals surface area contributed by atoms with E-state index in [4.69, 9.17) is 0 Å². The highest BCUT2D eigenvalue weighted by Gasteiger charge is 2.17. The van der Waals surface area contributed by atoms with Gasteiger partial charge in [0, 0.05) is 37.6 Å². The summed E-state index contributed by atoms with van der Waals surface area (Å²) < 4.78 is 26.5. The first-order valence-corrected chi connectivity index (χ1v) is 9.31. The van der Waals surface area contributed by atoms with Gasteiger partial charge in [-0.05, 0) is 30.7 Å². The maximum atomic E-state index is 12.3. The molecule has 0 aliphatic rings. The van der Waals surface area contributed by atoms with E-state index in [0.717, 1.165) is 0 Å². The third-order valence-electron chi connectivity index (χ3n) is 3.36. The summed E-state index contributed by atoms with van der Waals surface area (Å²) in [5, 5.41) is 5.72. The van der Waals surface area contributed by atoms with Crippen LogP contribution in [0.1, 0.15) is 22.8 Å². The van der Waals surface area contributed by atoms with E-state index in [-0.39, 0.29) is 17.3 Å². The van der Waals surface area contributed by atoms with Crippen molar-refractivity contribution in [2.75, 3.05) is 25.0 Å². The van der Waals surface area contributed by atoms with Gasteiger partial charge in [-0.15, -0.1) is 0 Å². The first kappa shape index (κ1) is 18.8. The number of hydrogen-bond donors (Lipinski definition) is 3. The summed E-state index contributed by atoms with van der Waals surface area (Å²) in [6.45, 7) is 4.54. The molecule has 0 atom stereocenters. The molecule has 0 spiro atoms. The first-order chi connectivity index (χ1) is 11.9. The van der Waals surface area contributed by atoms with Crippen LogP contribution in [0.5, 0.6) is 0 Å². The molecule has 0 saturated heterocycles. The normalized spacial score (nSPS) is 11.1. The van der Waals surface area contributed by atoms with Gasteiger partial charge in [0.05, 0.1) is 4.90 Å². The Labute approximate surface area is 147 Å². The van der Waals surface area contributed by atoms with Crippen molar-refractivity contribution in [3.8, 4) is 0 Å². The van der Waals surface area contributed by atoms with E-state index in [0.29, 0.717) is 30.2 Å². The molecular formula is C16H21N5O3S. The smallest absolute Gasteiger partial charge is 0.251 e. The van der Waals surface area contributed by atoms with E-state index < -0.39 is 10.0 Å². The predicted molar refractivity (Wildman–Crippen MR) is 94.9 cm³/mol. The fourth-order valence-electron chi connectivity index (χ4n) is 2.12. The summed E-state index contributed by atoms with van der Waals surface area (Å²) in [4.78, 5) is 20.4. The summed E-state index contributed by atoms with van der Waals surface area (Å²) in [6, 6.07) is 6.20. The van der Waals surface area contributed by atoms with Gasteiger partial charge in [-0.2, -0.15) is 0 Å². The van der Waals surface area contributed by atoms with E-state index >= 15 is 0 Å². The molecule has 1 heterocycles. The van der Waals surface area contributed by atoms with Gasteiger partial charge in [-0.25, -0.2) is 23.1 Å². The average molecular weight is 363 g/mol. The van der Waals surface area contributed by atoms with E-state index in [2.05, 4.69) is 25.3 Å². The number of aromatic nitrogens is 2. The van der Waals surface area contributed by atoms with Crippen LogP contribution in [-0.2, 0) is 10.0 Å². The molecule has 134 valence electrons. The van der Waals surface area contributed by atoms with Crippen molar-refractivity contribution in [1.29, 1.82) is 0 Å². The number of carbonyl (C=O) groups excluding carboxylic acids is 1. The Morgan fingerprint density at radius 1 is 1.16 bits per heavy atom. The van der Waals surface area contributed by atoms with Crippen molar-refractivity contribution in [3.05, 3.63) is 47.8 Å². The van der Waals surface area contributed by atoms with Gasteiger partial charge in [0.25, 0.3) is 5.91 Å². The summed E-state index contributed by atoms with van der Waals surface area (Å²) in [5.74, 6) is 0.147. The number of hydrogen-bond acceptors (Lipinski definition) is 6. The zero-order chi connectivity index (χ0) is 18.3. The molecule has 0 aliphatic carbocycles. The molecule has 1 aromatic heterocycles. The zero-order valence-corrected chi connectivity index (χ0v) is 14.9. The number of nitrogens with one attached hydrogen (secondary N) is 3. The van der Waals surface area contributed by atoms with Crippen molar-refractivity contribution in [1.82, 2.24) is 20.0 Å². The summed E-state index contributed by atoms with van der Waals surface area (Å²) in [5.41, 5.74) is 1.03. The number of rotatable bonds is 8. The number of nitrogens with zero attached hydrogens (tertiary/aromatic N) is 2. The number of amides is 1. The molecule has 0 saturated carbocycles. The number of carbonyl (C=O) groups is 1. The fraction of sp³-hybridized carbons (Fsp3) is 0.312. The second kappa shape index (κ2) is 8.54. The van der Waals surface area contributed by atoms with Crippen molar-refractivity contribution >= 4 is 21.9 Å². The van der Waals surface area contributed by atoms with Crippen molar-refractivity contribution in [3.63, 3.8) is 0 Å². The Balaban J connectivity index is 1.99. The van der Waals surface area contributed by atoms with Crippen molar-refractivity contribution < 1.29 is 13.2 Å². The molecule has 0 bridgehead atoms. The molecule has 0 fully saturated rings. The number of anilines is 1. The van der Waals surface area contributed by atoms with Crippen molar-refractivity contribution in [2.24, 2.45) is 0 Å². The number of aryl methyl sites for hydroxylation is 1. The topological polar surface area (TPSA) is 113 Å². The minimum Gasteiger partial charge on any atom is -0.352 e. The molecule has 3 N–H and O–H groups in total. The summed E-state index contributed by atoms with van der Waals surface area (Å²) in [6.07, 6.45) is 3.24. The quantitative estimate of drug-likeness (QED) is 0.601. The average Bonchev–Trinajstić information content (AvgIpc) is 2.59. The number of sulfonamides is 1. The SMILES string of the molecule is CCNS(=O)(=O)c1ccc(C)c(C(=O)NCCNc2ncccn2)c1. The van der Waals surface area contributed by atoms with Crippen molar-refractivity contribution in [2.45, 2.75) is 18.7 Å². The van der Waals surface area contributed by atoms with Crippen LogP contribution in [0, 0.1) is 6.92 Å². The lowest BCUT2D eigenvalue weighted by molar-refractivity contribution is 0.0954. The lowest BCUT2D eigenvalue weighted by Gasteiger charge is -2.11. The highest BCUT2D eigenvalue weighted by molar-refractivity contribution is 7.89. The minimum absolute atomic E-state index is 0.0703. The second-order valence-electron chi connectivity index (χ2n) is 5.23. The van der Waals surface area contributed by atoms with E-state index in [1.807, 2.05) is 0 Å². The van der Waals surface area contributed by atoms with Crippen LogP contribution < -0.4 is 15.4 Å². The highest BCUT2D eigenvalue weighted by Crippen LogP contribution is 2.15. The van der Waals surface area contributed by atoms with Gasteiger partial charge >= 0.3 is 0 Å². The van der Waals surface area contributed by atoms with Crippen LogP contribution in [0.2, 0.25) is 0 Å². The zero-order valence-electron chi connectivity index (χ0n) is 14.1. The van der Waals surface area contributed by atoms with Gasteiger partial charge in [-0.3, -0.25) is 4.79 Å². The molecule has 0 radical (unpaired) electrons. The lowest BCUT2D eigenvalue weighted by Crippen LogP contribution is -2.30. The van der Waals surface area contributed by atoms with Gasteiger partial charge in [0.2, 0.25) is 16.0 Å². The highest BCUT2D eigenvalue weighted by atomic mass is 32.2. The van der Waals surface area contributed by atoms with E-state index in [1.165, 1.54) is 12.1 Å². The van der Waals surface area contributed by atoms with Gasteiger partial charge in [0.15, 0.2) is 0 Å². The van der Waals surface area contributed by atoms with Crippen LogP contribution >= 0.6 is 0 Å². The van der Waals surface area contributed by atoms with Gasteiger partial charge < -0.3 is 10.6 Å². The standard InChI is InChI=1S/C16H21N5O3S/c1-3-21-25(23,24)13-6-5-12(2)14(11-13)15(22)17-9-10-20-16-18-7-4-8-19-16/h4-8,11,21H,3,9-10H2,1-2H3,(H,17,22)(H,18,19,20). The maximum absolute atomic E-state index is 12.3. The lowest BCUT2D eigenvalue weighted by atomic mass is 10.1. The Bertz CT molecular complexity index is 825. The summed E-state index contributed by atoms with van der Waals surface area (Å²) >= 11 is 0. The monoisotopic (exact) mass is 363 g/mol. The third kappa shape index (κ3) is 5.23. The minimum atomic E-state index is -3.60. The molecule has 1 amide bonds. The predicted octanol–water partition coefficient (Wildman–Crippen LogP) is 0.925. The molecule has 0 aliphatic heterocycles. The molecule has 2 aromatic rings.